The Morgan fingerprint density at radius 3 is 2.83 bits per heavy atom. The lowest BCUT2D eigenvalue weighted by Gasteiger charge is -2.06. The van der Waals surface area contributed by atoms with E-state index >= 15 is 0 Å². The number of ether oxygens (including phenoxy) is 1. The first-order valence-corrected chi connectivity index (χ1v) is 6.06. The number of rotatable bonds is 5. The number of hydrogen-bond acceptors (Lipinski definition) is 3. The molecule has 0 saturated heterocycles. The molecule has 1 aromatic carbocycles. The number of benzene rings is 1. The Balaban J connectivity index is 2.35. The van der Waals surface area contributed by atoms with E-state index in [-0.39, 0.29) is 6.61 Å². The van der Waals surface area contributed by atoms with Gasteiger partial charge in [0.2, 0.25) is 0 Å². The van der Waals surface area contributed by atoms with E-state index in [0.29, 0.717) is 0 Å². The van der Waals surface area contributed by atoms with Crippen molar-refractivity contribution in [2.45, 2.75) is 19.8 Å². The molecule has 0 spiro atoms. The van der Waals surface area contributed by atoms with Gasteiger partial charge in [-0.15, -0.1) is 0 Å². The minimum Gasteiger partial charge on any atom is -0.496 e. The molecular weight excluding hydrogens is 228 g/mol. The zero-order chi connectivity index (χ0) is 13.0. The third-order valence-corrected chi connectivity index (χ3v) is 2.87. The predicted octanol–water partition coefficient (Wildman–Crippen LogP) is 2.32. The molecule has 0 atom stereocenters. The summed E-state index contributed by atoms with van der Waals surface area (Å²) < 4.78 is 5.35. The highest BCUT2D eigenvalue weighted by atomic mass is 16.5. The number of aromatic amines is 1. The van der Waals surface area contributed by atoms with Crippen LogP contribution in [0.2, 0.25) is 0 Å². The van der Waals surface area contributed by atoms with Crippen molar-refractivity contribution in [1.82, 2.24) is 9.97 Å². The number of aryl methyl sites for hydroxylation is 2. The van der Waals surface area contributed by atoms with Gasteiger partial charge < -0.3 is 14.8 Å². The summed E-state index contributed by atoms with van der Waals surface area (Å²) in [5.41, 5.74) is 2.93. The lowest BCUT2D eigenvalue weighted by Crippen LogP contribution is -1.92. The number of methoxy groups -OCH3 is 1. The van der Waals surface area contributed by atoms with Crippen LogP contribution in [0.5, 0.6) is 5.75 Å². The van der Waals surface area contributed by atoms with Crippen LogP contribution >= 0.6 is 0 Å². The average molecular weight is 246 g/mol. The molecule has 4 nitrogen and oxygen atoms in total. The molecule has 2 N–H and O–H groups in total. The van der Waals surface area contributed by atoms with Crippen LogP contribution in [-0.2, 0) is 6.42 Å². The van der Waals surface area contributed by atoms with E-state index in [2.05, 4.69) is 9.97 Å². The van der Waals surface area contributed by atoms with Crippen molar-refractivity contribution in [3.8, 4) is 17.0 Å². The lowest BCUT2D eigenvalue weighted by molar-refractivity contribution is 0.287. The van der Waals surface area contributed by atoms with E-state index in [1.54, 1.807) is 7.11 Å². The van der Waals surface area contributed by atoms with Gasteiger partial charge in [-0.1, -0.05) is 12.1 Å². The fraction of sp³-hybridized carbons (Fsp3) is 0.357. The molecule has 2 aromatic rings. The van der Waals surface area contributed by atoms with Gasteiger partial charge in [-0.25, -0.2) is 4.98 Å². The minimum atomic E-state index is 0.184. The molecular formula is C14H18N2O2. The Morgan fingerprint density at radius 2 is 2.11 bits per heavy atom. The molecule has 0 saturated carbocycles. The zero-order valence-electron chi connectivity index (χ0n) is 10.7. The maximum atomic E-state index is 8.84. The van der Waals surface area contributed by atoms with Crippen LogP contribution in [0.4, 0.5) is 0 Å². The van der Waals surface area contributed by atoms with Gasteiger partial charge in [0.05, 0.1) is 12.8 Å². The van der Waals surface area contributed by atoms with E-state index in [1.165, 1.54) is 0 Å². The molecule has 0 unspecified atom stereocenters. The van der Waals surface area contributed by atoms with Crippen molar-refractivity contribution in [3.63, 3.8) is 0 Å². The first kappa shape index (κ1) is 12.6. The first-order chi connectivity index (χ1) is 8.76. The van der Waals surface area contributed by atoms with Crippen molar-refractivity contribution >= 4 is 0 Å². The fourth-order valence-corrected chi connectivity index (χ4v) is 1.99. The number of aromatic nitrogens is 2. The summed E-state index contributed by atoms with van der Waals surface area (Å²) in [7, 11) is 1.66. The Hall–Kier alpha value is -1.81. The van der Waals surface area contributed by atoms with Gasteiger partial charge in [0.25, 0.3) is 0 Å². The summed E-state index contributed by atoms with van der Waals surface area (Å²) in [5.74, 6) is 1.73. The minimum absolute atomic E-state index is 0.184. The van der Waals surface area contributed by atoms with Crippen molar-refractivity contribution in [2.24, 2.45) is 0 Å². The third kappa shape index (κ3) is 2.54. The Labute approximate surface area is 107 Å². The number of nitrogens with one attached hydrogen (secondary N) is 1. The number of imidazole rings is 1. The molecule has 18 heavy (non-hydrogen) atoms. The van der Waals surface area contributed by atoms with Crippen molar-refractivity contribution in [3.05, 3.63) is 35.8 Å². The monoisotopic (exact) mass is 246 g/mol. The normalized spacial score (nSPS) is 10.6. The lowest BCUT2D eigenvalue weighted by atomic mass is 10.1. The second-order valence-corrected chi connectivity index (χ2v) is 4.18. The zero-order valence-corrected chi connectivity index (χ0v) is 10.7. The van der Waals surface area contributed by atoms with Gasteiger partial charge in [-0.3, -0.25) is 0 Å². The van der Waals surface area contributed by atoms with Crippen molar-refractivity contribution in [2.75, 3.05) is 13.7 Å². The van der Waals surface area contributed by atoms with Gasteiger partial charge in [-0.2, -0.15) is 0 Å². The highest BCUT2D eigenvalue weighted by Crippen LogP contribution is 2.30. The van der Waals surface area contributed by atoms with Crippen LogP contribution in [0.25, 0.3) is 11.3 Å². The highest BCUT2D eigenvalue weighted by Gasteiger charge is 2.12. The molecule has 0 fully saturated rings. The topological polar surface area (TPSA) is 58.1 Å². The summed E-state index contributed by atoms with van der Waals surface area (Å²) in [6.45, 7) is 2.18. The van der Waals surface area contributed by atoms with E-state index < -0.39 is 0 Å². The van der Waals surface area contributed by atoms with Crippen molar-refractivity contribution < 1.29 is 9.84 Å². The van der Waals surface area contributed by atoms with Crippen LogP contribution in [-0.4, -0.2) is 28.8 Å². The van der Waals surface area contributed by atoms with E-state index in [0.717, 1.165) is 41.4 Å². The largest absolute Gasteiger partial charge is 0.496 e. The summed E-state index contributed by atoms with van der Waals surface area (Å²) in [5, 5.41) is 8.84. The fourth-order valence-electron chi connectivity index (χ4n) is 1.99. The molecule has 0 aliphatic heterocycles. The molecule has 0 radical (unpaired) electrons. The Bertz CT molecular complexity index is 520. The van der Waals surface area contributed by atoms with Crippen LogP contribution in [0.3, 0.4) is 0 Å². The summed E-state index contributed by atoms with van der Waals surface area (Å²) >= 11 is 0. The van der Waals surface area contributed by atoms with Gasteiger partial charge >= 0.3 is 0 Å². The quantitative estimate of drug-likeness (QED) is 0.851. The maximum Gasteiger partial charge on any atom is 0.128 e. The predicted molar refractivity (Wildman–Crippen MR) is 70.7 cm³/mol. The summed E-state index contributed by atoms with van der Waals surface area (Å²) in [4.78, 5) is 7.83. The summed E-state index contributed by atoms with van der Waals surface area (Å²) in [6, 6.07) is 7.84. The number of nitrogens with zero attached hydrogens (tertiary/aromatic N) is 1. The number of aliphatic hydroxyl groups excluding tert-OH is 1. The number of H-pyrrole nitrogens is 1. The number of hydrogen-bond donors (Lipinski definition) is 2. The second kappa shape index (κ2) is 5.69. The van der Waals surface area contributed by atoms with Gasteiger partial charge in [0.1, 0.15) is 11.6 Å². The molecule has 0 aliphatic rings. The van der Waals surface area contributed by atoms with E-state index in [9.17, 15) is 0 Å². The van der Waals surface area contributed by atoms with Gasteiger partial charge in [0, 0.05) is 24.3 Å². The van der Waals surface area contributed by atoms with Gasteiger partial charge in [-0.05, 0) is 25.5 Å². The van der Waals surface area contributed by atoms with E-state index in [1.807, 2.05) is 31.2 Å². The molecule has 4 heteroatoms. The van der Waals surface area contributed by atoms with E-state index in [4.69, 9.17) is 9.84 Å². The van der Waals surface area contributed by atoms with Crippen LogP contribution in [0.1, 0.15) is 17.9 Å². The standard InChI is InChI=1S/C14H18N2O2/c1-10-14(16-13(15-10)8-5-9-17)11-6-3-4-7-12(11)18-2/h3-4,6-7,17H,5,8-9H2,1-2H3,(H,15,16). The van der Waals surface area contributed by atoms with Gasteiger partial charge in [0.15, 0.2) is 0 Å². The molecule has 0 aliphatic carbocycles. The second-order valence-electron chi connectivity index (χ2n) is 4.18. The van der Waals surface area contributed by atoms with Crippen LogP contribution in [0.15, 0.2) is 24.3 Å². The Morgan fingerprint density at radius 1 is 1.33 bits per heavy atom. The SMILES string of the molecule is COc1ccccc1-c1nc(CCCO)[nH]c1C. The smallest absolute Gasteiger partial charge is 0.128 e. The molecule has 2 rings (SSSR count). The van der Waals surface area contributed by atoms with Crippen molar-refractivity contribution in [1.29, 1.82) is 0 Å². The van der Waals surface area contributed by atoms with Crippen LogP contribution in [0, 0.1) is 6.92 Å². The average Bonchev–Trinajstić information content (AvgIpc) is 2.77. The molecule has 1 heterocycles. The number of para-hydroxylation sites is 1. The molecule has 1 aromatic heterocycles. The van der Waals surface area contributed by atoms with Crippen LogP contribution < -0.4 is 4.74 Å². The maximum absolute atomic E-state index is 8.84. The molecule has 0 amide bonds. The highest BCUT2D eigenvalue weighted by molar-refractivity contribution is 5.69. The Kier molecular flexibility index (Phi) is 3.99. The number of aliphatic hydroxyl groups is 1. The third-order valence-electron chi connectivity index (χ3n) is 2.87. The first-order valence-electron chi connectivity index (χ1n) is 6.06. The molecule has 96 valence electrons. The summed E-state index contributed by atoms with van der Waals surface area (Å²) in [6.07, 6.45) is 1.48. The molecule has 0 bridgehead atoms.